The molecule has 3 atom stereocenters. The molecular weight excluding hydrogens is 282 g/mol. The van der Waals surface area contributed by atoms with E-state index < -0.39 is 23.8 Å². The van der Waals surface area contributed by atoms with Gasteiger partial charge in [-0.25, -0.2) is 4.79 Å². The van der Waals surface area contributed by atoms with Gasteiger partial charge in [0.1, 0.15) is 5.60 Å². The van der Waals surface area contributed by atoms with E-state index in [1.807, 2.05) is 36.4 Å². The summed E-state index contributed by atoms with van der Waals surface area (Å²) in [6, 6.07) is 8.86. The molecule has 0 bridgehead atoms. The van der Waals surface area contributed by atoms with Gasteiger partial charge in [0.05, 0.1) is 12.1 Å². The summed E-state index contributed by atoms with van der Waals surface area (Å²) in [5.41, 5.74) is 0.156. The molecule has 0 radical (unpaired) electrons. The summed E-state index contributed by atoms with van der Waals surface area (Å²) < 4.78 is 5.13. The van der Waals surface area contributed by atoms with Crippen LogP contribution in [0.4, 0.5) is 4.79 Å². The first-order valence-corrected chi connectivity index (χ1v) is 7.40. The Labute approximate surface area is 130 Å². The van der Waals surface area contributed by atoms with Gasteiger partial charge < -0.3 is 9.84 Å². The minimum atomic E-state index is -0.781. The van der Waals surface area contributed by atoms with E-state index >= 15 is 0 Å². The van der Waals surface area contributed by atoms with Crippen molar-refractivity contribution in [3.63, 3.8) is 0 Å². The number of hydrogen-bond donors (Lipinski definition) is 2. The lowest BCUT2D eigenvalue weighted by Crippen LogP contribution is -2.40. The number of amides is 1. The third kappa shape index (κ3) is 4.08. The average molecular weight is 305 g/mol. The van der Waals surface area contributed by atoms with E-state index in [1.165, 1.54) is 0 Å². The van der Waals surface area contributed by atoms with Crippen LogP contribution in [0.15, 0.2) is 42.5 Å². The summed E-state index contributed by atoms with van der Waals surface area (Å²) in [5.74, 6) is -0.149. The molecule has 1 aliphatic carbocycles. The van der Waals surface area contributed by atoms with Crippen molar-refractivity contribution >= 4 is 6.09 Å². The van der Waals surface area contributed by atoms with E-state index in [-0.39, 0.29) is 5.92 Å². The molecule has 0 saturated carbocycles. The second-order valence-corrected chi connectivity index (χ2v) is 6.53. The molecular formula is C17H23NO4. The van der Waals surface area contributed by atoms with E-state index in [9.17, 15) is 15.1 Å². The van der Waals surface area contributed by atoms with Crippen molar-refractivity contribution in [3.05, 3.63) is 48.0 Å². The van der Waals surface area contributed by atoms with Crippen LogP contribution in [0.1, 0.15) is 38.9 Å². The smallest absolute Gasteiger partial charge is 0.434 e. The van der Waals surface area contributed by atoms with E-state index in [0.717, 1.165) is 5.56 Å². The average Bonchev–Trinajstić information content (AvgIpc) is 2.94. The van der Waals surface area contributed by atoms with Crippen LogP contribution in [0.2, 0.25) is 0 Å². The fraction of sp³-hybridized carbons (Fsp3) is 0.471. The summed E-state index contributed by atoms with van der Waals surface area (Å²) in [6.45, 7) is 5.22. The van der Waals surface area contributed by atoms with Crippen LogP contribution in [0.5, 0.6) is 0 Å². The normalized spacial score (nSPS) is 22.4. The lowest BCUT2D eigenvalue weighted by Gasteiger charge is -2.27. The van der Waals surface area contributed by atoms with E-state index in [2.05, 4.69) is 0 Å². The molecule has 0 aromatic heterocycles. The van der Waals surface area contributed by atoms with Gasteiger partial charge in [-0.15, -0.1) is 0 Å². The third-order valence-corrected chi connectivity index (χ3v) is 3.54. The minimum absolute atomic E-state index is 0.149. The van der Waals surface area contributed by atoms with Crippen LogP contribution in [0.3, 0.4) is 0 Å². The van der Waals surface area contributed by atoms with Crippen molar-refractivity contribution in [2.75, 3.05) is 0 Å². The van der Waals surface area contributed by atoms with Crippen LogP contribution >= 0.6 is 0 Å². The van der Waals surface area contributed by atoms with Crippen LogP contribution in [0.25, 0.3) is 0 Å². The monoisotopic (exact) mass is 305 g/mol. The number of carbonyl (C=O) groups excluding carboxylic acids is 1. The second-order valence-electron chi connectivity index (χ2n) is 6.53. The van der Waals surface area contributed by atoms with E-state index in [0.29, 0.717) is 11.5 Å². The van der Waals surface area contributed by atoms with Crippen molar-refractivity contribution in [1.82, 2.24) is 5.06 Å². The van der Waals surface area contributed by atoms with E-state index in [4.69, 9.17) is 4.74 Å². The zero-order chi connectivity index (χ0) is 16.3. The van der Waals surface area contributed by atoms with Crippen molar-refractivity contribution in [1.29, 1.82) is 0 Å². The Balaban J connectivity index is 1.96. The molecule has 2 rings (SSSR count). The Bertz CT molecular complexity index is 535. The molecule has 120 valence electrons. The van der Waals surface area contributed by atoms with Gasteiger partial charge >= 0.3 is 6.09 Å². The SMILES string of the molecule is CC(C)(C)OC(=O)N(O)[C@H]1C=C[C@@H](C(O)c2ccccc2)C1. The number of rotatable bonds is 3. The standard InChI is InChI=1S/C17H23NO4/c1-17(2,3)22-16(20)18(21)14-10-9-13(11-14)15(19)12-7-5-4-6-8-12/h4-10,13-15,19,21H,11H2,1-3H3/t13-,14+,15?/m1/s1. The first-order valence-electron chi connectivity index (χ1n) is 7.40. The van der Waals surface area contributed by atoms with Crippen molar-refractivity contribution in [2.24, 2.45) is 5.92 Å². The molecule has 0 spiro atoms. The van der Waals surface area contributed by atoms with Gasteiger partial charge in [-0.2, -0.15) is 5.06 Å². The maximum Gasteiger partial charge on any atom is 0.434 e. The van der Waals surface area contributed by atoms with Gasteiger partial charge in [-0.1, -0.05) is 42.5 Å². The maximum atomic E-state index is 11.8. The fourth-order valence-corrected chi connectivity index (χ4v) is 2.46. The highest BCUT2D eigenvalue weighted by molar-refractivity contribution is 5.67. The van der Waals surface area contributed by atoms with Crippen molar-refractivity contribution in [3.8, 4) is 0 Å². The van der Waals surface area contributed by atoms with Gasteiger partial charge in [-0.3, -0.25) is 5.21 Å². The molecule has 1 amide bonds. The molecule has 0 fully saturated rings. The zero-order valence-electron chi connectivity index (χ0n) is 13.1. The predicted octanol–water partition coefficient (Wildman–Crippen LogP) is 3.29. The largest absolute Gasteiger partial charge is 0.442 e. The van der Waals surface area contributed by atoms with Gasteiger partial charge in [0.25, 0.3) is 0 Å². The molecule has 1 unspecified atom stereocenters. The van der Waals surface area contributed by atoms with E-state index in [1.54, 1.807) is 26.8 Å². The highest BCUT2D eigenvalue weighted by Gasteiger charge is 2.33. The lowest BCUT2D eigenvalue weighted by atomic mass is 9.94. The number of benzene rings is 1. The molecule has 1 aromatic rings. The summed E-state index contributed by atoms with van der Waals surface area (Å²) in [5, 5.41) is 21.0. The Kier molecular flexibility index (Phi) is 4.88. The van der Waals surface area contributed by atoms with Crippen LogP contribution in [-0.2, 0) is 4.74 Å². The quantitative estimate of drug-likeness (QED) is 0.511. The minimum Gasteiger partial charge on any atom is -0.442 e. The Morgan fingerprint density at radius 1 is 1.27 bits per heavy atom. The summed E-state index contributed by atoms with van der Waals surface area (Å²) in [7, 11) is 0. The van der Waals surface area contributed by atoms with Crippen LogP contribution < -0.4 is 0 Å². The lowest BCUT2D eigenvalue weighted by molar-refractivity contribution is -0.112. The molecule has 0 saturated heterocycles. The molecule has 2 N–H and O–H groups in total. The van der Waals surface area contributed by atoms with Gasteiger partial charge in [0.15, 0.2) is 0 Å². The molecule has 1 aromatic carbocycles. The molecule has 1 aliphatic rings. The summed E-state index contributed by atoms with van der Waals surface area (Å²) in [6.07, 6.45) is 2.56. The van der Waals surface area contributed by atoms with Gasteiger partial charge in [-0.05, 0) is 32.8 Å². The first kappa shape index (κ1) is 16.5. The summed E-state index contributed by atoms with van der Waals surface area (Å²) >= 11 is 0. The number of hydrogen-bond acceptors (Lipinski definition) is 4. The predicted molar refractivity (Wildman–Crippen MR) is 82.3 cm³/mol. The topological polar surface area (TPSA) is 70.0 Å². The molecule has 22 heavy (non-hydrogen) atoms. The number of aliphatic hydroxyl groups is 1. The number of aliphatic hydroxyl groups excluding tert-OH is 1. The van der Waals surface area contributed by atoms with Gasteiger partial charge in [0.2, 0.25) is 0 Å². The number of carbonyl (C=O) groups is 1. The van der Waals surface area contributed by atoms with Crippen molar-refractivity contribution < 1.29 is 19.8 Å². The first-order chi connectivity index (χ1) is 10.3. The highest BCUT2D eigenvalue weighted by Crippen LogP contribution is 2.33. The zero-order valence-corrected chi connectivity index (χ0v) is 13.1. The molecule has 5 nitrogen and oxygen atoms in total. The summed E-state index contributed by atoms with van der Waals surface area (Å²) in [4.78, 5) is 11.8. The third-order valence-electron chi connectivity index (χ3n) is 3.54. The molecule has 0 aliphatic heterocycles. The maximum absolute atomic E-state index is 11.8. The number of hydroxylamine groups is 2. The highest BCUT2D eigenvalue weighted by atomic mass is 16.6. The Morgan fingerprint density at radius 3 is 2.50 bits per heavy atom. The second kappa shape index (κ2) is 6.50. The van der Waals surface area contributed by atoms with Crippen LogP contribution in [0, 0.1) is 5.92 Å². The number of ether oxygens (including phenoxy) is 1. The number of nitrogens with zero attached hydrogens (tertiary/aromatic N) is 1. The molecule has 5 heteroatoms. The fourth-order valence-electron chi connectivity index (χ4n) is 2.46. The molecule has 0 heterocycles. The Morgan fingerprint density at radius 2 is 1.91 bits per heavy atom. The van der Waals surface area contributed by atoms with Crippen LogP contribution in [-0.4, -0.2) is 33.1 Å². The Hall–Kier alpha value is -1.85. The van der Waals surface area contributed by atoms with Crippen molar-refractivity contribution in [2.45, 2.75) is 44.9 Å². The van der Waals surface area contributed by atoms with Gasteiger partial charge in [0, 0.05) is 5.92 Å².